The largest absolute Gasteiger partial charge is 0.336 e. The molecule has 2 amide bonds. The van der Waals surface area contributed by atoms with Crippen LogP contribution >= 0.6 is 0 Å². The molecule has 0 aromatic carbocycles. The van der Waals surface area contributed by atoms with Gasteiger partial charge in [-0.1, -0.05) is 0 Å². The molecule has 1 heterocycles. The summed E-state index contributed by atoms with van der Waals surface area (Å²) in [7, 11) is 0. The first-order valence-corrected chi connectivity index (χ1v) is 3.02. The van der Waals surface area contributed by atoms with Gasteiger partial charge in [0.15, 0.2) is 0 Å². The van der Waals surface area contributed by atoms with Gasteiger partial charge in [-0.15, -0.1) is 0 Å². The minimum Gasteiger partial charge on any atom is -0.336 e. The van der Waals surface area contributed by atoms with Crippen molar-refractivity contribution in [1.29, 1.82) is 0 Å². The number of carbonyl (C=O) groups excluding carboxylic acids is 1. The van der Waals surface area contributed by atoms with Gasteiger partial charge in [0.1, 0.15) is 0 Å². The summed E-state index contributed by atoms with van der Waals surface area (Å²) in [6.45, 7) is 3.25. The summed E-state index contributed by atoms with van der Waals surface area (Å²) in [5.41, 5.74) is 5.45. The molecule has 1 aliphatic rings. The second-order valence-corrected chi connectivity index (χ2v) is 2.17. The van der Waals surface area contributed by atoms with Gasteiger partial charge in [-0.2, -0.15) is 0 Å². The topological polar surface area (TPSA) is 58.4 Å². The molecule has 52 valence electrons. The molecular weight excluding hydrogens is 118 g/mol. The molecule has 0 spiro atoms. The highest BCUT2D eigenvalue weighted by Crippen LogP contribution is 1.97. The first-order valence-electron chi connectivity index (χ1n) is 3.02. The number of carbonyl (C=O) groups is 1. The van der Waals surface area contributed by atoms with Gasteiger partial charge < -0.3 is 16.0 Å². The number of hydrogen-bond acceptors (Lipinski definition) is 2. The number of amides is 2. The van der Waals surface area contributed by atoms with E-state index in [1.165, 1.54) is 0 Å². The lowest BCUT2D eigenvalue weighted by Gasteiger charge is -2.17. The fourth-order valence-electron chi connectivity index (χ4n) is 0.875. The Labute approximate surface area is 54.0 Å². The number of hydrogen-bond donors (Lipinski definition) is 2. The molecule has 9 heavy (non-hydrogen) atoms. The van der Waals surface area contributed by atoms with E-state index in [0.29, 0.717) is 0 Å². The molecule has 1 aliphatic heterocycles. The summed E-state index contributed by atoms with van der Waals surface area (Å²) in [6.07, 6.45) is -0.160. The Kier molecular flexibility index (Phi) is 1.57. The molecule has 1 atom stereocenters. The zero-order valence-corrected chi connectivity index (χ0v) is 5.42. The Balaban J connectivity index is 2.49. The third kappa shape index (κ3) is 1.13. The fraction of sp³-hybridized carbons (Fsp3) is 0.800. The van der Waals surface area contributed by atoms with Crippen molar-refractivity contribution in [2.45, 2.75) is 13.1 Å². The van der Waals surface area contributed by atoms with Gasteiger partial charge in [0.2, 0.25) is 0 Å². The quantitative estimate of drug-likeness (QED) is 0.492. The van der Waals surface area contributed by atoms with Crippen molar-refractivity contribution in [2.75, 3.05) is 13.1 Å². The smallest absolute Gasteiger partial charge is 0.318 e. The normalized spacial score (nSPS) is 22.0. The molecule has 0 aromatic rings. The zero-order chi connectivity index (χ0) is 6.85. The average Bonchev–Trinajstić information content (AvgIpc) is 2.13. The maximum atomic E-state index is 10.8. The third-order valence-corrected chi connectivity index (χ3v) is 1.38. The van der Waals surface area contributed by atoms with Crippen LogP contribution < -0.4 is 11.1 Å². The van der Waals surface area contributed by atoms with Crippen LogP contribution in [0.25, 0.3) is 0 Å². The highest BCUT2D eigenvalue weighted by molar-refractivity contribution is 5.76. The number of nitrogens with two attached hydrogens (primary N) is 1. The van der Waals surface area contributed by atoms with E-state index in [9.17, 15) is 4.79 Å². The molecule has 1 rings (SSSR count). The standard InChI is InChI=1S/C5H11N3O/c1-4(6)8-3-2-7-5(8)9/h4H,2-3,6H2,1H3,(H,7,9). The molecule has 0 aliphatic carbocycles. The summed E-state index contributed by atoms with van der Waals surface area (Å²) in [5.74, 6) is 0. The zero-order valence-electron chi connectivity index (χ0n) is 5.42. The molecule has 1 saturated heterocycles. The molecule has 0 radical (unpaired) electrons. The van der Waals surface area contributed by atoms with Crippen LogP contribution in [0.2, 0.25) is 0 Å². The molecule has 1 fully saturated rings. The molecule has 0 saturated carbocycles. The number of nitrogens with zero attached hydrogens (tertiary/aromatic N) is 1. The maximum Gasteiger partial charge on any atom is 0.318 e. The summed E-state index contributed by atoms with van der Waals surface area (Å²) >= 11 is 0. The van der Waals surface area contributed by atoms with E-state index in [-0.39, 0.29) is 12.2 Å². The summed E-state index contributed by atoms with van der Waals surface area (Å²) in [4.78, 5) is 12.3. The Morgan fingerprint density at radius 3 is 2.78 bits per heavy atom. The first-order chi connectivity index (χ1) is 4.22. The molecular formula is C5H11N3O. The third-order valence-electron chi connectivity index (χ3n) is 1.38. The molecule has 0 aromatic heterocycles. The Hall–Kier alpha value is -0.770. The van der Waals surface area contributed by atoms with Crippen molar-refractivity contribution in [3.05, 3.63) is 0 Å². The Bertz CT molecular complexity index is 123. The van der Waals surface area contributed by atoms with Crippen LogP contribution in [0.5, 0.6) is 0 Å². The second kappa shape index (κ2) is 2.23. The van der Waals surface area contributed by atoms with Gasteiger partial charge in [-0.25, -0.2) is 4.79 Å². The van der Waals surface area contributed by atoms with E-state index in [1.807, 2.05) is 0 Å². The van der Waals surface area contributed by atoms with E-state index in [2.05, 4.69) is 5.32 Å². The van der Waals surface area contributed by atoms with Crippen LogP contribution in [-0.4, -0.2) is 30.2 Å². The highest BCUT2D eigenvalue weighted by atomic mass is 16.2. The van der Waals surface area contributed by atoms with E-state index >= 15 is 0 Å². The van der Waals surface area contributed by atoms with E-state index in [4.69, 9.17) is 5.73 Å². The number of urea groups is 1. The van der Waals surface area contributed by atoms with Crippen LogP contribution in [0.4, 0.5) is 4.79 Å². The van der Waals surface area contributed by atoms with Gasteiger partial charge in [0.25, 0.3) is 0 Å². The predicted molar refractivity (Wildman–Crippen MR) is 33.8 cm³/mol. The lowest BCUT2D eigenvalue weighted by Crippen LogP contribution is -2.41. The first kappa shape index (κ1) is 6.35. The summed E-state index contributed by atoms with van der Waals surface area (Å²) < 4.78 is 0. The maximum absolute atomic E-state index is 10.8. The molecule has 0 bridgehead atoms. The van der Waals surface area contributed by atoms with E-state index in [1.54, 1.807) is 11.8 Å². The van der Waals surface area contributed by atoms with Gasteiger partial charge >= 0.3 is 6.03 Å². The highest BCUT2D eigenvalue weighted by Gasteiger charge is 2.21. The van der Waals surface area contributed by atoms with Gasteiger partial charge in [0, 0.05) is 13.1 Å². The second-order valence-electron chi connectivity index (χ2n) is 2.17. The minimum absolute atomic E-state index is 0.0509. The van der Waals surface area contributed by atoms with Crippen molar-refractivity contribution in [1.82, 2.24) is 10.2 Å². The van der Waals surface area contributed by atoms with Gasteiger partial charge in [-0.3, -0.25) is 0 Å². The van der Waals surface area contributed by atoms with Crippen LogP contribution in [0.3, 0.4) is 0 Å². The van der Waals surface area contributed by atoms with Crippen molar-refractivity contribution >= 4 is 6.03 Å². The lowest BCUT2D eigenvalue weighted by atomic mass is 10.5. The van der Waals surface area contributed by atoms with Crippen LogP contribution in [0.1, 0.15) is 6.92 Å². The molecule has 3 N–H and O–H groups in total. The monoisotopic (exact) mass is 129 g/mol. The van der Waals surface area contributed by atoms with Crippen molar-refractivity contribution in [2.24, 2.45) is 5.73 Å². The SMILES string of the molecule is CC(N)N1CCNC1=O. The number of rotatable bonds is 1. The van der Waals surface area contributed by atoms with Crippen molar-refractivity contribution in [3.63, 3.8) is 0 Å². The lowest BCUT2D eigenvalue weighted by molar-refractivity contribution is 0.203. The summed E-state index contributed by atoms with van der Waals surface area (Å²) in [6, 6.07) is -0.0509. The van der Waals surface area contributed by atoms with Gasteiger partial charge in [-0.05, 0) is 6.92 Å². The van der Waals surface area contributed by atoms with E-state index in [0.717, 1.165) is 13.1 Å². The van der Waals surface area contributed by atoms with E-state index < -0.39 is 0 Å². The van der Waals surface area contributed by atoms with Crippen LogP contribution in [0, 0.1) is 0 Å². The molecule has 4 nitrogen and oxygen atoms in total. The van der Waals surface area contributed by atoms with Crippen molar-refractivity contribution < 1.29 is 4.79 Å². The van der Waals surface area contributed by atoms with Crippen LogP contribution in [-0.2, 0) is 0 Å². The summed E-state index contributed by atoms with van der Waals surface area (Å²) in [5, 5.41) is 2.66. The van der Waals surface area contributed by atoms with Gasteiger partial charge in [0.05, 0.1) is 6.17 Å². The fourth-order valence-corrected chi connectivity index (χ4v) is 0.875. The molecule has 4 heteroatoms. The predicted octanol–water partition coefficient (Wildman–Crippen LogP) is -0.684. The van der Waals surface area contributed by atoms with Crippen molar-refractivity contribution in [3.8, 4) is 0 Å². The number of nitrogens with one attached hydrogen (secondary N) is 1. The Morgan fingerprint density at radius 2 is 2.56 bits per heavy atom. The Morgan fingerprint density at radius 1 is 1.89 bits per heavy atom. The van der Waals surface area contributed by atoms with Crippen LogP contribution in [0.15, 0.2) is 0 Å². The molecule has 1 unspecified atom stereocenters. The minimum atomic E-state index is -0.160. The average molecular weight is 129 g/mol.